The minimum atomic E-state index is 1.11. The first kappa shape index (κ1) is 53.8. The van der Waals surface area contributed by atoms with Gasteiger partial charge in [-0.25, -0.2) is 0 Å². The third kappa shape index (κ3) is 11.3. The Hall–Kier alpha value is -8.86. The van der Waals surface area contributed by atoms with Crippen LogP contribution in [0.4, 0.5) is 34.1 Å². The fourth-order valence-electron chi connectivity index (χ4n) is 12.1. The van der Waals surface area contributed by atoms with Gasteiger partial charge in [-0.1, -0.05) is 150 Å². The summed E-state index contributed by atoms with van der Waals surface area (Å²) in [6, 6.07) is 86.1. The Balaban J connectivity index is 0.797. The van der Waals surface area contributed by atoms with E-state index in [4.69, 9.17) is 0 Å². The Labute approximate surface area is 486 Å². The van der Waals surface area contributed by atoms with Gasteiger partial charge in [-0.2, -0.15) is 0 Å². The van der Waals surface area contributed by atoms with Gasteiger partial charge in [-0.3, -0.25) is 0 Å². The molecule has 10 aromatic carbocycles. The van der Waals surface area contributed by atoms with Crippen molar-refractivity contribution in [3.05, 3.63) is 264 Å². The summed E-state index contributed by atoms with van der Waals surface area (Å²) in [5, 5.41) is 5.38. The average molecular weight is 1070 g/mol. The molecule has 0 amide bonds. The van der Waals surface area contributed by atoms with Crippen LogP contribution in [0.1, 0.15) is 112 Å². The molecule has 4 nitrogen and oxygen atoms in total. The van der Waals surface area contributed by atoms with Crippen LogP contribution in [0.15, 0.2) is 231 Å². The Morgan fingerprint density at radius 3 is 0.805 bits per heavy atom. The summed E-state index contributed by atoms with van der Waals surface area (Å²) in [7, 11) is 0. The number of unbranched alkanes of at least 4 members (excludes halogenated alkanes) is 4. The van der Waals surface area contributed by atoms with Gasteiger partial charge in [0.1, 0.15) is 0 Å². The summed E-state index contributed by atoms with van der Waals surface area (Å²) in [4.78, 5) is 4.71. The Bertz CT molecular complexity index is 3710. The zero-order valence-electron chi connectivity index (χ0n) is 48.4. The number of nitrogens with zero attached hydrogens (tertiary/aromatic N) is 4. The Morgan fingerprint density at radius 1 is 0.280 bits per heavy atom. The summed E-state index contributed by atoms with van der Waals surface area (Å²) in [6.45, 7) is 9.11. The summed E-state index contributed by atoms with van der Waals surface area (Å²) in [5.41, 5.74) is 22.0. The molecule has 0 saturated carbocycles. The van der Waals surface area contributed by atoms with Crippen LogP contribution in [0.3, 0.4) is 0 Å². The van der Waals surface area contributed by atoms with Crippen molar-refractivity contribution in [3.63, 3.8) is 0 Å². The van der Waals surface area contributed by atoms with Crippen molar-refractivity contribution in [3.8, 4) is 11.4 Å². The molecule has 0 N–H and O–H groups in total. The zero-order chi connectivity index (χ0) is 55.8. The molecule has 4 heteroatoms. The van der Waals surface area contributed by atoms with E-state index in [1.54, 1.807) is 0 Å². The molecule has 0 radical (unpaired) electrons. The standard InChI is InChI=1S/C78H76N4/c1-5-9-19-59-33-49-75-71(53-59)72-54-60(20-10-6-2)34-50-76(72)81(75)69-45-41-67(42-46-69)79(63-23-15-13-16-24-63)65-37-29-57(30-38-65)27-28-58-31-39-66(40-32-58)80(64-25-17-14-18-26-64)68-43-47-70(48-44-68)82-77-51-35-61(21-11-7-3)55-73(77)74-56-62(22-12-8-4)36-52-78(74)82/h13-18,23-56H,5-12,19-22H2,1-4H3. The van der Waals surface area contributed by atoms with Gasteiger partial charge in [0.2, 0.25) is 0 Å². The van der Waals surface area contributed by atoms with E-state index in [-0.39, 0.29) is 0 Å². The molecular formula is C78H76N4. The highest BCUT2D eigenvalue weighted by Gasteiger charge is 2.19. The first-order chi connectivity index (χ1) is 40.5. The minimum Gasteiger partial charge on any atom is -0.311 e. The van der Waals surface area contributed by atoms with Gasteiger partial charge in [0.25, 0.3) is 0 Å². The highest BCUT2D eigenvalue weighted by Crippen LogP contribution is 2.41. The van der Waals surface area contributed by atoms with Crippen molar-refractivity contribution in [1.29, 1.82) is 0 Å². The van der Waals surface area contributed by atoms with Gasteiger partial charge in [0, 0.05) is 67.0 Å². The predicted octanol–water partition coefficient (Wildman–Crippen LogP) is 22.4. The molecule has 0 saturated heterocycles. The van der Waals surface area contributed by atoms with Crippen molar-refractivity contribution in [1.82, 2.24) is 9.13 Å². The average Bonchev–Trinajstić information content (AvgIpc) is 3.88. The lowest BCUT2D eigenvalue weighted by atomic mass is 10.0. The maximum atomic E-state index is 2.46. The van der Waals surface area contributed by atoms with E-state index in [0.717, 1.165) is 82.3 Å². The van der Waals surface area contributed by atoms with Crippen LogP contribution in [0.25, 0.3) is 67.1 Å². The third-order valence-electron chi connectivity index (χ3n) is 16.6. The molecule has 12 rings (SSSR count). The van der Waals surface area contributed by atoms with Gasteiger partial charge in [0.15, 0.2) is 0 Å². The van der Waals surface area contributed by atoms with Crippen LogP contribution in [-0.4, -0.2) is 9.13 Å². The molecule has 0 atom stereocenters. The second kappa shape index (κ2) is 24.9. The lowest BCUT2D eigenvalue weighted by molar-refractivity contribution is 0.795. The second-order valence-electron chi connectivity index (χ2n) is 22.4. The first-order valence-corrected chi connectivity index (χ1v) is 30.4. The molecule has 0 spiro atoms. The summed E-state index contributed by atoms with van der Waals surface area (Å²) in [5.74, 6) is 0. The molecular weight excluding hydrogens is 993 g/mol. The Morgan fingerprint density at radius 2 is 0.537 bits per heavy atom. The molecule has 0 aliphatic heterocycles. The minimum absolute atomic E-state index is 1.11. The molecule has 0 fully saturated rings. The van der Waals surface area contributed by atoms with Crippen LogP contribution in [0.5, 0.6) is 0 Å². The molecule has 12 aromatic rings. The van der Waals surface area contributed by atoms with E-state index in [1.807, 2.05) is 0 Å². The summed E-state index contributed by atoms with van der Waals surface area (Å²) in [6.07, 6.45) is 18.5. The van der Waals surface area contributed by atoms with Crippen LogP contribution in [0, 0.1) is 0 Å². The normalized spacial score (nSPS) is 11.7. The molecule has 0 aliphatic carbocycles. The third-order valence-corrected chi connectivity index (χ3v) is 16.6. The first-order valence-electron chi connectivity index (χ1n) is 30.4. The van der Waals surface area contributed by atoms with Gasteiger partial charge in [-0.15, -0.1) is 0 Å². The topological polar surface area (TPSA) is 16.3 Å². The van der Waals surface area contributed by atoms with Crippen molar-refractivity contribution in [2.75, 3.05) is 9.80 Å². The maximum Gasteiger partial charge on any atom is 0.0541 e. The largest absolute Gasteiger partial charge is 0.311 e. The number of benzene rings is 10. The number of para-hydroxylation sites is 2. The van der Waals surface area contributed by atoms with Crippen LogP contribution in [-0.2, 0) is 25.7 Å². The number of hydrogen-bond acceptors (Lipinski definition) is 2. The van der Waals surface area contributed by atoms with Gasteiger partial charge in [-0.05, 0) is 230 Å². The van der Waals surface area contributed by atoms with E-state index in [1.165, 1.54) is 117 Å². The lowest BCUT2D eigenvalue weighted by Gasteiger charge is -2.26. The SMILES string of the molecule is CCCCc1ccc2c(c1)c1cc(CCCC)ccc1n2-c1ccc(N(c2ccccc2)c2ccc(C=Cc3ccc(N(c4ccccc4)c4ccc(-n5c6ccc(CCCC)cc6c6cc(CCCC)ccc65)cc4)cc3)cc2)cc1. The molecule has 2 heterocycles. The fraction of sp³-hybridized carbons (Fsp3) is 0.205. The number of fused-ring (bicyclic) bond motifs is 6. The van der Waals surface area contributed by atoms with E-state index < -0.39 is 0 Å². The van der Waals surface area contributed by atoms with Crippen molar-refractivity contribution < 1.29 is 0 Å². The molecule has 2 aromatic heterocycles. The van der Waals surface area contributed by atoms with Crippen molar-refractivity contribution in [2.24, 2.45) is 0 Å². The monoisotopic (exact) mass is 1070 g/mol. The van der Waals surface area contributed by atoms with E-state index in [9.17, 15) is 0 Å². The number of rotatable bonds is 22. The summed E-state index contributed by atoms with van der Waals surface area (Å²) >= 11 is 0. The quantitative estimate of drug-likeness (QED) is 0.0629. The van der Waals surface area contributed by atoms with Gasteiger partial charge in [0.05, 0.1) is 22.1 Å². The Kier molecular flexibility index (Phi) is 16.3. The second-order valence-corrected chi connectivity index (χ2v) is 22.4. The smallest absolute Gasteiger partial charge is 0.0541 e. The highest BCUT2D eigenvalue weighted by atomic mass is 15.1. The predicted molar refractivity (Wildman–Crippen MR) is 354 cm³/mol. The molecule has 0 bridgehead atoms. The molecule has 0 aliphatic rings. The number of aryl methyl sites for hydroxylation is 4. The molecule has 0 unspecified atom stereocenters. The number of aromatic nitrogens is 2. The fourth-order valence-corrected chi connectivity index (χ4v) is 12.1. The maximum absolute atomic E-state index is 2.46. The van der Waals surface area contributed by atoms with E-state index in [0.29, 0.717) is 0 Å². The van der Waals surface area contributed by atoms with Crippen LogP contribution in [0.2, 0.25) is 0 Å². The lowest BCUT2D eigenvalue weighted by Crippen LogP contribution is -2.10. The zero-order valence-corrected chi connectivity index (χ0v) is 48.4. The van der Waals surface area contributed by atoms with Gasteiger partial charge < -0.3 is 18.9 Å². The molecule has 408 valence electrons. The van der Waals surface area contributed by atoms with Crippen LogP contribution < -0.4 is 9.80 Å². The highest BCUT2D eigenvalue weighted by molar-refractivity contribution is 6.11. The number of hydrogen-bond donors (Lipinski definition) is 0. The van der Waals surface area contributed by atoms with Crippen LogP contribution >= 0.6 is 0 Å². The van der Waals surface area contributed by atoms with E-state index in [2.05, 4.69) is 289 Å². The van der Waals surface area contributed by atoms with Crippen molar-refractivity contribution >= 4 is 89.9 Å². The number of anilines is 6. The van der Waals surface area contributed by atoms with Crippen molar-refractivity contribution in [2.45, 2.75) is 105 Å². The summed E-state index contributed by atoms with van der Waals surface area (Å²) < 4.78 is 4.92. The molecule has 82 heavy (non-hydrogen) atoms. The van der Waals surface area contributed by atoms with Gasteiger partial charge >= 0.3 is 0 Å². The van der Waals surface area contributed by atoms with E-state index >= 15 is 0 Å².